The SMILES string of the molecule is COCN(c1cc(Cl)cnc1C(=O)c1cc(F)ccc1OC)S(=O)(=O)c1ccc(Cl)c(C(F)(F)F)c1. The summed E-state index contributed by atoms with van der Waals surface area (Å²) in [5.74, 6) is -1.75. The number of anilines is 1. The van der Waals surface area contributed by atoms with Crippen LogP contribution in [0.4, 0.5) is 23.2 Å². The molecule has 0 N–H and O–H groups in total. The van der Waals surface area contributed by atoms with E-state index < -0.39 is 61.4 Å². The van der Waals surface area contributed by atoms with E-state index in [2.05, 4.69) is 4.98 Å². The number of halogens is 6. The number of benzene rings is 2. The van der Waals surface area contributed by atoms with Gasteiger partial charge >= 0.3 is 6.18 Å². The molecule has 192 valence electrons. The Morgan fingerprint density at radius 1 is 1.08 bits per heavy atom. The van der Waals surface area contributed by atoms with Gasteiger partial charge in [0, 0.05) is 13.3 Å². The lowest BCUT2D eigenvalue weighted by Gasteiger charge is -2.25. The standard InChI is InChI=1S/C22H16Cl2F4N2O5S/c1-34-11-30(36(32,33)14-4-5-17(24)16(9-14)22(26,27)28)18-7-12(23)10-29-20(18)21(31)15-8-13(25)3-6-19(15)35-2/h3-10H,11H2,1-2H3. The van der Waals surface area contributed by atoms with Crippen molar-refractivity contribution in [2.24, 2.45) is 0 Å². The number of hydrogen-bond donors (Lipinski definition) is 0. The largest absolute Gasteiger partial charge is 0.496 e. The Kier molecular flexibility index (Phi) is 8.13. The van der Waals surface area contributed by atoms with Crippen LogP contribution in [-0.4, -0.2) is 40.1 Å². The third-order valence-electron chi connectivity index (χ3n) is 4.80. The number of ether oxygens (including phenoxy) is 2. The van der Waals surface area contributed by atoms with Crippen LogP contribution < -0.4 is 9.04 Å². The van der Waals surface area contributed by atoms with Gasteiger partial charge in [-0.25, -0.2) is 22.1 Å². The summed E-state index contributed by atoms with van der Waals surface area (Å²) in [5, 5.41) is -0.811. The molecular weight excluding hydrogens is 551 g/mol. The Bertz CT molecular complexity index is 1420. The Hall–Kier alpha value is -2.93. The van der Waals surface area contributed by atoms with Crippen molar-refractivity contribution in [2.75, 3.05) is 25.3 Å². The Balaban J connectivity index is 2.23. The third-order valence-corrected chi connectivity index (χ3v) is 7.07. The van der Waals surface area contributed by atoms with Crippen molar-refractivity contribution >= 4 is 44.7 Å². The molecule has 0 fully saturated rings. The summed E-state index contributed by atoms with van der Waals surface area (Å²) in [4.78, 5) is 16.5. The highest BCUT2D eigenvalue weighted by Crippen LogP contribution is 2.38. The summed E-state index contributed by atoms with van der Waals surface area (Å²) >= 11 is 11.6. The van der Waals surface area contributed by atoms with Crippen molar-refractivity contribution in [3.8, 4) is 5.75 Å². The van der Waals surface area contributed by atoms with Crippen molar-refractivity contribution in [1.82, 2.24) is 4.98 Å². The van der Waals surface area contributed by atoms with Crippen LogP contribution in [0, 0.1) is 5.82 Å². The highest BCUT2D eigenvalue weighted by Gasteiger charge is 2.37. The molecule has 3 rings (SSSR count). The lowest BCUT2D eigenvalue weighted by Crippen LogP contribution is -2.34. The first-order valence-electron chi connectivity index (χ1n) is 9.73. The molecule has 0 saturated heterocycles. The normalized spacial score (nSPS) is 11.9. The molecule has 0 atom stereocenters. The molecule has 14 heteroatoms. The highest BCUT2D eigenvalue weighted by molar-refractivity contribution is 7.92. The quantitative estimate of drug-likeness (QED) is 0.201. The summed E-state index contributed by atoms with van der Waals surface area (Å²) in [6.45, 7) is -0.741. The lowest BCUT2D eigenvalue weighted by atomic mass is 10.0. The predicted molar refractivity (Wildman–Crippen MR) is 124 cm³/mol. The maximum absolute atomic E-state index is 13.9. The number of aromatic nitrogens is 1. The smallest absolute Gasteiger partial charge is 0.417 e. The van der Waals surface area contributed by atoms with Crippen LogP contribution in [0.25, 0.3) is 0 Å². The van der Waals surface area contributed by atoms with Gasteiger partial charge in [-0.15, -0.1) is 0 Å². The zero-order chi connectivity index (χ0) is 26.8. The van der Waals surface area contributed by atoms with E-state index in [4.69, 9.17) is 32.7 Å². The number of methoxy groups -OCH3 is 2. The van der Waals surface area contributed by atoms with Crippen molar-refractivity contribution in [1.29, 1.82) is 0 Å². The van der Waals surface area contributed by atoms with Crippen molar-refractivity contribution in [2.45, 2.75) is 11.1 Å². The maximum Gasteiger partial charge on any atom is 0.417 e. The highest BCUT2D eigenvalue weighted by atomic mass is 35.5. The average Bonchev–Trinajstić information content (AvgIpc) is 2.81. The van der Waals surface area contributed by atoms with Crippen molar-refractivity contribution < 1.29 is 40.2 Å². The van der Waals surface area contributed by atoms with Crippen LogP contribution in [0.15, 0.2) is 53.6 Å². The van der Waals surface area contributed by atoms with Gasteiger partial charge in [0.2, 0.25) is 5.78 Å². The molecule has 0 saturated carbocycles. The first-order chi connectivity index (χ1) is 16.8. The van der Waals surface area contributed by atoms with Gasteiger partial charge in [0.25, 0.3) is 10.0 Å². The summed E-state index contributed by atoms with van der Waals surface area (Å²) in [6.07, 6.45) is -3.90. The van der Waals surface area contributed by atoms with Gasteiger partial charge in [-0.1, -0.05) is 23.2 Å². The van der Waals surface area contributed by atoms with Gasteiger partial charge in [0.1, 0.15) is 24.0 Å². The molecule has 2 aromatic carbocycles. The second-order valence-electron chi connectivity index (χ2n) is 7.11. The third kappa shape index (κ3) is 5.56. The minimum atomic E-state index is -4.94. The zero-order valence-electron chi connectivity index (χ0n) is 18.4. The van der Waals surface area contributed by atoms with Gasteiger partial charge in [0.15, 0.2) is 0 Å². The van der Waals surface area contributed by atoms with Crippen LogP contribution in [0.2, 0.25) is 10.0 Å². The van der Waals surface area contributed by atoms with E-state index in [9.17, 15) is 30.8 Å². The monoisotopic (exact) mass is 566 g/mol. The van der Waals surface area contributed by atoms with Crippen LogP contribution in [0.3, 0.4) is 0 Å². The minimum Gasteiger partial charge on any atom is -0.496 e. The van der Waals surface area contributed by atoms with Gasteiger partial charge in [0.05, 0.1) is 38.9 Å². The van der Waals surface area contributed by atoms with Gasteiger partial charge < -0.3 is 9.47 Å². The van der Waals surface area contributed by atoms with E-state index in [1.807, 2.05) is 0 Å². The van der Waals surface area contributed by atoms with Crippen LogP contribution >= 0.6 is 23.2 Å². The number of carbonyl (C=O) groups excluding carboxylic acids is 1. The topological polar surface area (TPSA) is 85.8 Å². The van der Waals surface area contributed by atoms with E-state index in [0.29, 0.717) is 10.4 Å². The molecule has 7 nitrogen and oxygen atoms in total. The number of ketones is 1. The summed E-state index contributed by atoms with van der Waals surface area (Å²) in [6, 6.07) is 6.17. The maximum atomic E-state index is 13.9. The molecule has 36 heavy (non-hydrogen) atoms. The van der Waals surface area contributed by atoms with E-state index in [-0.39, 0.29) is 16.3 Å². The Morgan fingerprint density at radius 2 is 1.78 bits per heavy atom. The number of hydrogen-bond acceptors (Lipinski definition) is 6. The molecule has 1 aromatic heterocycles. The summed E-state index contributed by atoms with van der Waals surface area (Å²) < 4.78 is 91.5. The first kappa shape index (κ1) is 27.7. The van der Waals surface area contributed by atoms with Gasteiger partial charge in [-0.2, -0.15) is 13.2 Å². The summed E-state index contributed by atoms with van der Waals surface area (Å²) in [7, 11) is -2.44. The predicted octanol–water partition coefficient (Wildman–Crippen LogP) is 5.59. The molecule has 3 aromatic rings. The Labute approximate surface area is 213 Å². The number of carbonyl (C=O) groups is 1. The van der Waals surface area contributed by atoms with E-state index in [0.717, 1.165) is 43.6 Å². The van der Waals surface area contributed by atoms with Crippen LogP contribution in [0.1, 0.15) is 21.6 Å². The number of nitrogens with zero attached hydrogens (tertiary/aromatic N) is 2. The minimum absolute atomic E-state index is 0.0298. The van der Waals surface area contributed by atoms with Crippen LogP contribution in [0.5, 0.6) is 5.75 Å². The fourth-order valence-electron chi connectivity index (χ4n) is 3.17. The number of alkyl halides is 3. The average molecular weight is 567 g/mol. The van der Waals surface area contributed by atoms with Gasteiger partial charge in [-0.05, 0) is 42.5 Å². The molecule has 0 aliphatic carbocycles. The molecular formula is C22H16Cl2F4N2O5S. The van der Waals surface area contributed by atoms with E-state index in [1.165, 1.54) is 13.2 Å². The molecule has 0 amide bonds. The second kappa shape index (κ2) is 10.6. The fourth-order valence-corrected chi connectivity index (χ4v) is 4.95. The lowest BCUT2D eigenvalue weighted by molar-refractivity contribution is -0.137. The molecule has 0 bridgehead atoms. The van der Waals surface area contributed by atoms with Crippen molar-refractivity contribution in [3.63, 3.8) is 0 Å². The van der Waals surface area contributed by atoms with Gasteiger partial charge in [-0.3, -0.25) is 4.79 Å². The van der Waals surface area contributed by atoms with Crippen LogP contribution in [-0.2, 0) is 20.9 Å². The number of pyridine rings is 1. The molecule has 0 spiro atoms. The van der Waals surface area contributed by atoms with E-state index in [1.54, 1.807) is 0 Å². The number of rotatable bonds is 8. The first-order valence-corrected chi connectivity index (χ1v) is 11.9. The number of sulfonamides is 1. The zero-order valence-corrected chi connectivity index (χ0v) is 20.8. The van der Waals surface area contributed by atoms with E-state index >= 15 is 0 Å². The Morgan fingerprint density at radius 3 is 2.39 bits per heavy atom. The molecule has 0 aliphatic heterocycles. The second-order valence-corrected chi connectivity index (χ2v) is 9.81. The molecule has 0 aliphatic rings. The molecule has 1 heterocycles. The fraction of sp³-hybridized carbons (Fsp3) is 0.182. The molecule has 0 unspecified atom stereocenters. The molecule has 0 radical (unpaired) electrons. The van der Waals surface area contributed by atoms with Crippen molar-refractivity contribution in [3.05, 3.63) is 81.3 Å². The summed E-state index contributed by atoms with van der Waals surface area (Å²) in [5.41, 5.74) is -2.60.